The molecule has 2 heterocycles. The average molecular weight is 321 g/mol. The number of nitrogens with one attached hydrogen (secondary N) is 1. The monoisotopic (exact) mass is 321 g/mol. The van der Waals surface area contributed by atoms with Gasteiger partial charge >= 0.3 is 5.97 Å². The van der Waals surface area contributed by atoms with Gasteiger partial charge in [-0.05, 0) is 19.3 Å². The van der Waals surface area contributed by atoms with Gasteiger partial charge in [-0.25, -0.2) is 14.8 Å². The average Bonchev–Trinajstić information content (AvgIpc) is 2.56. The number of methoxy groups -OCH3 is 1. The molecule has 4 aliphatic rings. The molecule has 8 nitrogen and oxygen atoms in total. The maximum atomic E-state index is 11.9. The molecule has 0 radical (unpaired) electrons. The van der Waals surface area contributed by atoms with Crippen molar-refractivity contribution in [2.75, 3.05) is 38.7 Å². The summed E-state index contributed by atoms with van der Waals surface area (Å²) in [6, 6.07) is 0. The third kappa shape index (κ3) is 2.16. The Balaban J connectivity index is 1.49. The zero-order chi connectivity index (χ0) is 16.8. The fourth-order valence-corrected chi connectivity index (χ4v) is 4.29. The van der Waals surface area contributed by atoms with E-state index in [1.54, 1.807) is 0 Å². The number of morpholine rings is 1. The molecule has 5 rings (SSSR count). The first-order valence-electron chi connectivity index (χ1n) is 8.20. The van der Waals surface area contributed by atoms with Crippen LogP contribution in [-0.2, 0) is 4.74 Å². The molecule has 1 aromatic rings. The number of anilines is 1. The molecule has 124 valence electrons. The first-order chi connectivity index (χ1) is 11.6. The molecule has 2 bridgehead atoms. The molecule has 0 atom stereocenters. The fourth-order valence-electron chi connectivity index (χ4n) is 4.29. The number of hydrogen-bond donors (Lipinski definition) is 2. The van der Waals surface area contributed by atoms with E-state index >= 15 is 0 Å². The molecule has 0 amide bonds. The van der Waals surface area contributed by atoms with E-state index < -0.39 is 5.97 Å². The van der Waals surface area contributed by atoms with Crippen molar-refractivity contribution in [2.45, 2.75) is 30.3 Å². The van der Waals surface area contributed by atoms with E-state index in [4.69, 9.17) is 10.9 Å². The van der Waals surface area contributed by atoms with E-state index in [1.807, 2.05) is 0 Å². The smallest absolute Gasteiger partial charge is 0.345 e. The first-order valence-corrected chi connectivity index (χ1v) is 7.79. The van der Waals surface area contributed by atoms with Crippen molar-refractivity contribution < 1.29 is 19.4 Å². The molecule has 3 aliphatic carbocycles. The summed E-state index contributed by atoms with van der Waals surface area (Å²) < 4.78 is 17.4. The standard InChI is InChI=1S/C15H20N4O4/c1-22-12-10(13(20)21)11(16-9-17-12)18-14-6-15(7-14,8-14)19-2-4-23-5-3-19/h9H,2-8H2,1H3,(H,20,21)(H,16,17,18)/i/hD. The van der Waals surface area contributed by atoms with E-state index in [1.165, 1.54) is 13.4 Å². The molecule has 1 aromatic heterocycles. The largest absolute Gasteiger partial charge is 0.480 e. The summed E-state index contributed by atoms with van der Waals surface area (Å²) in [5.74, 6) is -0.349. The van der Waals surface area contributed by atoms with Crippen molar-refractivity contribution in [3.63, 3.8) is 0 Å². The second kappa shape index (κ2) is 5.04. The SMILES string of the molecule is [2H]OC(=O)c1c(NC23CC(N4CCOCC4)(C2)C3)ncnc1OC. The van der Waals surface area contributed by atoms with Gasteiger partial charge in [-0.2, -0.15) is 0 Å². The maximum Gasteiger partial charge on any atom is 0.345 e. The van der Waals surface area contributed by atoms with E-state index in [0.29, 0.717) is 5.82 Å². The summed E-state index contributed by atoms with van der Waals surface area (Å²) in [7, 11) is 1.42. The molecular formula is C15H20N4O4. The van der Waals surface area contributed by atoms with E-state index in [-0.39, 0.29) is 22.5 Å². The van der Waals surface area contributed by atoms with Crippen LogP contribution in [0.2, 0.25) is 0 Å². The molecule has 0 unspecified atom stereocenters. The Morgan fingerprint density at radius 2 is 2.17 bits per heavy atom. The normalized spacial score (nSPS) is 33.0. The highest BCUT2D eigenvalue weighted by Gasteiger charge is 2.70. The zero-order valence-electron chi connectivity index (χ0n) is 14.0. The molecule has 2 N–H and O–H groups in total. The van der Waals surface area contributed by atoms with Crippen LogP contribution >= 0.6 is 0 Å². The van der Waals surface area contributed by atoms with Crippen molar-refractivity contribution >= 4 is 11.8 Å². The van der Waals surface area contributed by atoms with Gasteiger partial charge in [0.1, 0.15) is 12.1 Å². The van der Waals surface area contributed by atoms with Crippen LogP contribution in [0.4, 0.5) is 5.82 Å². The second-order valence-electron chi connectivity index (χ2n) is 6.65. The number of nitrogens with zero attached hydrogens (tertiary/aromatic N) is 3. The molecular weight excluding hydrogens is 300 g/mol. The van der Waals surface area contributed by atoms with Crippen LogP contribution < -0.4 is 10.1 Å². The Labute approximate surface area is 135 Å². The zero-order valence-corrected chi connectivity index (χ0v) is 13.0. The molecule has 0 spiro atoms. The van der Waals surface area contributed by atoms with Gasteiger partial charge in [-0.3, -0.25) is 4.90 Å². The molecule has 0 aromatic carbocycles. The Bertz CT molecular complexity index is 645. The number of aromatic carboxylic acids is 1. The maximum absolute atomic E-state index is 11.9. The van der Waals surface area contributed by atoms with E-state index in [9.17, 15) is 4.79 Å². The van der Waals surface area contributed by atoms with Crippen LogP contribution in [-0.4, -0.2) is 70.4 Å². The van der Waals surface area contributed by atoms with Gasteiger partial charge in [-0.15, -0.1) is 0 Å². The second-order valence-corrected chi connectivity index (χ2v) is 6.65. The minimum Gasteiger partial charge on any atom is -0.480 e. The molecule has 8 heteroatoms. The molecule has 3 saturated carbocycles. The third-order valence-electron chi connectivity index (χ3n) is 5.28. The number of aromatic nitrogens is 2. The van der Waals surface area contributed by atoms with Crippen molar-refractivity contribution in [2.24, 2.45) is 0 Å². The quantitative estimate of drug-likeness (QED) is 0.814. The highest BCUT2D eigenvalue weighted by Crippen LogP contribution is 2.64. The van der Waals surface area contributed by atoms with Crippen molar-refractivity contribution in [3.05, 3.63) is 11.9 Å². The number of hydrogen-bond acceptors (Lipinski definition) is 8. The van der Waals surface area contributed by atoms with Crippen LogP contribution in [0.25, 0.3) is 1.43 Å². The van der Waals surface area contributed by atoms with Gasteiger partial charge in [-0.1, -0.05) is 0 Å². The van der Waals surface area contributed by atoms with Crippen LogP contribution in [0, 0.1) is 0 Å². The van der Waals surface area contributed by atoms with Gasteiger partial charge in [0, 0.05) is 24.2 Å². The minimum atomic E-state index is -0.829. The van der Waals surface area contributed by atoms with Gasteiger partial charge in [0.15, 0.2) is 5.56 Å². The summed E-state index contributed by atoms with van der Waals surface area (Å²) in [6.45, 7) is 3.55. The Kier molecular flexibility index (Phi) is 2.96. The Morgan fingerprint density at radius 3 is 2.83 bits per heavy atom. The molecule has 23 heavy (non-hydrogen) atoms. The lowest BCUT2D eigenvalue weighted by Gasteiger charge is -2.74. The summed E-state index contributed by atoms with van der Waals surface area (Å²) in [4.78, 5) is 22.5. The lowest BCUT2D eigenvalue weighted by Crippen LogP contribution is -2.82. The van der Waals surface area contributed by atoms with E-state index in [2.05, 4.69) is 25.3 Å². The highest BCUT2D eigenvalue weighted by atomic mass is 16.5. The fraction of sp³-hybridized carbons (Fsp3) is 0.667. The first kappa shape index (κ1) is 13.5. The summed E-state index contributed by atoms with van der Waals surface area (Å²) >= 11 is 0. The number of carboxylic acids is 1. The number of carboxylic acid groups (broad SMARTS) is 1. The van der Waals surface area contributed by atoms with Crippen molar-refractivity contribution in [1.82, 2.24) is 14.9 Å². The van der Waals surface area contributed by atoms with Crippen molar-refractivity contribution in [3.8, 4) is 5.88 Å². The van der Waals surface area contributed by atoms with Gasteiger partial charge in [0.2, 0.25) is 5.88 Å². The molecule has 4 fully saturated rings. The summed E-state index contributed by atoms with van der Waals surface area (Å²) in [5.41, 5.74) is 0.291. The molecule has 1 aliphatic heterocycles. The predicted molar refractivity (Wildman–Crippen MR) is 80.9 cm³/mol. The van der Waals surface area contributed by atoms with Crippen LogP contribution in [0.5, 0.6) is 5.88 Å². The van der Waals surface area contributed by atoms with Gasteiger partial charge in [0.25, 0.3) is 1.43 Å². The lowest BCUT2D eigenvalue weighted by atomic mass is 9.43. The Hall–Kier alpha value is -1.93. The number of rotatable bonds is 5. The third-order valence-corrected chi connectivity index (χ3v) is 5.28. The van der Waals surface area contributed by atoms with E-state index in [0.717, 1.165) is 45.6 Å². The summed E-state index contributed by atoms with van der Waals surface area (Å²) in [6.07, 6.45) is 4.39. The van der Waals surface area contributed by atoms with Gasteiger partial charge < -0.3 is 19.9 Å². The van der Waals surface area contributed by atoms with Crippen molar-refractivity contribution in [1.29, 1.82) is 1.43 Å². The van der Waals surface area contributed by atoms with Crippen LogP contribution in [0.1, 0.15) is 29.6 Å². The summed E-state index contributed by atoms with van der Waals surface area (Å²) in [5, 5.41) is 7.47. The van der Waals surface area contributed by atoms with Crippen LogP contribution in [0.15, 0.2) is 6.33 Å². The van der Waals surface area contributed by atoms with Gasteiger partial charge in [0.05, 0.1) is 20.3 Å². The molecule has 1 saturated heterocycles. The Morgan fingerprint density at radius 1 is 1.43 bits per heavy atom. The highest BCUT2D eigenvalue weighted by molar-refractivity contribution is 5.95. The minimum absolute atomic E-state index is 0.0469. The predicted octanol–water partition coefficient (Wildman–Crippen LogP) is 0.603. The van der Waals surface area contributed by atoms with Crippen LogP contribution in [0.3, 0.4) is 0 Å². The number of carbonyl (C=O) groups is 1. The lowest BCUT2D eigenvalue weighted by molar-refractivity contribution is -0.172. The topological polar surface area (TPSA) is 96.8 Å². The number of ether oxygens (including phenoxy) is 2.